The van der Waals surface area contributed by atoms with Crippen molar-refractivity contribution in [3.05, 3.63) is 53.9 Å². The molecule has 0 bridgehead atoms. The minimum absolute atomic E-state index is 0.102. The first-order valence-corrected chi connectivity index (χ1v) is 9.06. The van der Waals surface area contributed by atoms with Crippen LogP contribution in [0.15, 0.2) is 42.6 Å². The van der Waals surface area contributed by atoms with Gasteiger partial charge in [0, 0.05) is 23.6 Å². The number of carbonyl (C=O) groups is 1. The summed E-state index contributed by atoms with van der Waals surface area (Å²) in [5.41, 5.74) is 3.53. The van der Waals surface area contributed by atoms with Gasteiger partial charge in [-0.15, -0.1) is 0 Å². The fraction of sp³-hybridized carbons (Fsp3) is 0.429. The smallest absolute Gasteiger partial charge is 0.274 e. The predicted octanol–water partition coefficient (Wildman–Crippen LogP) is 4.99. The second-order valence-corrected chi connectivity index (χ2v) is 7.84. The molecule has 0 atom stereocenters. The highest BCUT2D eigenvalue weighted by Gasteiger charge is 2.16. The average molecular weight is 337 g/mol. The molecule has 0 unspecified atom stereocenters. The lowest BCUT2D eigenvalue weighted by molar-refractivity contribution is 0.102. The molecule has 1 aromatic carbocycles. The Hall–Kier alpha value is -2.36. The molecule has 1 aliphatic carbocycles. The van der Waals surface area contributed by atoms with Crippen LogP contribution in [0.5, 0.6) is 0 Å². The maximum absolute atomic E-state index is 12.5. The van der Waals surface area contributed by atoms with E-state index in [0.29, 0.717) is 11.7 Å². The number of amides is 1. The topological polar surface area (TPSA) is 54.0 Å². The first-order chi connectivity index (χ1) is 11.9. The average Bonchev–Trinajstić information content (AvgIpc) is 3.08. The molecule has 25 heavy (non-hydrogen) atoms. The number of hydrogen-bond acceptors (Lipinski definition) is 3. The van der Waals surface area contributed by atoms with Crippen molar-refractivity contribution in [1.82, 2.24) is 4.98 Å². The van der Waals surface area contributed by atoms with Gasteiger partial charge in [0.25, 0.3) is 5.91 Å². The first kappa shape index (κ1) is 17.5. The van der Waals surface area contributed by atoms with Gasteiger partial charge in [-0.3, -0.25) is 9.78 Å². The van der Waals surface area contributed by atoms with E-state index in [1.54, 1.807) is 6.20 Å². The van der Waals surface area contributed by atoms with Gasteiger partial charge in [0.05, 0.1) is 0 Å². The van der Waals surface area contributed by atoms with E-state index < -0.39 is 0 Å². The Balaban J connectivity index is 1.66. The first-order valence-electron chi connectivity index (χ1n) is 9.06. The van der Waals surface area contributed by atoms with Crippen LogP contribution in [0.3, 0.4) is 0 Å². The summed E-state index contributed by atoms with van der Waals surface area (Å²) in [5, 5.41) is 6.43. The zero-order valence-corrected chi connectivity index (χ0v) is 15.3. The van der Waals surface area contributed by atoms with Crippen LogP contribution in [0.25, 0.3) is 0 Å². The summed E-state index contributed by atoms with van der Waals surface area (Å²) in [6, 6.07) is 12.3. The lowest BCUT2D eigenvalue weighted by Gasteiger charge is -2.19. The van der Waals surface area contributed by atoms with E-state index >= 15 is 0 Å². The molecule has 1 amide bonds. The second kappa shape index (κ2) is 7.26. The molecule has 1 aliphatic rings. The Morgan fingerprint density at radius 3 is 2.36 bits per heavy atom. The van der Waals surface area contributed by atoms with Crippen LogP contribution >= 0.6 is 0 Å². The molecule has 2 aromatic rings. The zero-order valence-electron chi connectivity index (χ0n) is 15.3. The summed E-state index contributed by atoms with van der Waals surface area (Å²) < 4.78 is 0. The molecule has 4 nitrogen and oxygen atoms in total. The molecule has 1 heterocycles. The normalized spacial score (nSPS) is 15.2. The van der Waals surface area contributed by atoms with Crippen LogP contribution in [0.2, 0.25) is 0 Å². The molecule has 0 saturated heterocycles. The molecule has 132 valence electrons. The summed E-state index contributed by atoms with van der Waals surface area (Å²) in [6.07, 6.45) is 6.64. The quantitative estimate of drug-likeness (QED) is 0.827. The Labute approximate surface area is 150 Å². The lowest BCUT2D eigenvalue weighted by Crippen LogP contribution is -2.17. The minimum Gasteiger partial charge on any atom is -0.382 e. The number of carbonyl (C=O) groups excluding carboxylic acids is 1. The molecular formula is C21H27N3O. The van der Waals surface area contributed by atoms with E-state index in [1.165, 1.54) is 31.2 Å². The number of nitrogens with zero attached hydrogens (tertiary/aromatic N) is 1. The predicted molar refractivity (Wildman–Crippen MR) is 103 cm³/mol. The molecule has 3 rings (SSSR count). The van der Waals surface area contributed by atoms with Crippen LogP contribution in [-0.2, 0) is 5.41 Å². The number of aromatic nitrogens is 1. The Morgan fingerprint density at radius 2 is 1.72 bits per heavy atom. The SMILES string of the molecule is CC(C)(C)c1ccc(NC(=O)c2cc(NC3CCCC3)ccn2)cc1. The van der Waals surface area contributed by atoms with Gasteiger partial charge < -0.3 is 10.6 Å². The summed E-state index contributed by atoms with van der Waals surface area (Å²) >= 11 is 0. The Kier molecular flexibility index (Phi) is 5.07. The van der Waals surface area contributed by atoms with Crippen molar-refractivity contribution in [2.45, 2.75) is 57.9 Å². The lowest BCUT2D eigenvalue weighted by atomic mass is 9.87. The maximum atomic E-state index is 12.5. The number of pyridine rings is 1. The van der Waals surface area contributed by atoms with Crippen LogP contribution in [0.1, 0.15) is 62.5 Å². The van der Waals surface area contributed by atoms with Gasteiger partial charge in [0.1, 0.15) is 5.69 Å². The zero-order chi connectivity index (χ0) is 17.9. The number of rotatable bonds is 4. The van der Waals surface area contributed by atoms with Gasteiger partial charge in [0.2, 0.25) is 0 Å². The Morgan fingerprint density at radius 1 is 1.04 bits per heavy atom. The number of hydrogen-bond donors (Lipinski definition) is 2. The van der Waals surface area contributed by atoms with Crippen LogP contribution in [0, 0.1) is 0 Å². The van der Waals surface area contributed by atoms with Gasteiger partial charge in [-0.25, -0.2) is 0 Å². The van der Waals surface area contributed by atoms with Gasteiger partial charge >= 0.3 is 0 Å². The highest BCUT2D eigenvalue weighted by Crippen LogP contribution is 2.24. The number of anilines is 2. The molecular weight excluding hydrogens is 310 g/mol. The molecule has 0 radical (unpaired) electrons. The fourth-order valence-electron chi connectivity index (χ4n) is 3.20. The van der Waals surface area contributed by atoms with Crippen LogP contribution in [0.4, 0.5) is 11.4 Å². The molecule has 1 aromatic heterocycles. The molecule has 2 N–H and O–H groups in total. The van der Waals surface area contributed by atoms with E-state index in [1.807, 2.05) is 24.3 Å². The van der Waals surface area contributed by atoms with E-state index in [2.05, 4.69) is 48.5 Å². The molecule has 0 aliphatic heterocycles. The summed E-state index contributed by atoms with van der Waals surface area (Å²) in [7, 11) is 0. The van der Waals surface area contributed by atoms with Crippen molar-refractivity contribution in [2.75, 3.05) is 10.6 Å². The summed E-state index contributed by atoms with van der Waals surface area (Å²) in [6.45, 7) is 6.52. The maximum Gasteiger partial charge on any atom is 0.274 e. The number of nitrogens with one attached hydrogen (secondary N) is 2. The van der Waals surface area contributed by atoms with Crippen molar-refractivity contribution in [3.63, 3.8) is 0 Å². The molecule has 4 heteroatoms. The standard InChI is InChI=1S/C21H27N3O/c1-21(2,3)15-8-10-17(11-9-15)24-20(25)19-14-18(12-13-22-19)23-16-6-4-5-7-16/h8-14,16H,4-7H2,1-3H3,(H,22,23)(H,24,25). The molecule has 1 saturated carbocycles. The van der Waals surface area contributed by atoms with Gasteiger partial charge in [-0.1, -0.05) is 45.7 Å². The van der Waals surface area contributed by atoms with E-state index in [-0.39, 0.29) is 11.3 Å². The highest BCUT2D eigenvalue weighted by atomic mass is 16.1. The summed E-state index contributed by atoms with van der Waals surface area (Å²) in [4.78, 5) is 16.7. The van der Waals surface area contributed by atoms with Gasteiger partial charge in [-0.05, 0) is 48.1 Å². The van der Waals surface area contributed by atoms with Crippen molar-refractivity contribution in [3.8, 4) is 0 Å². The highest BCUT2D eigenvalue weighted by molar-refractivity contribution is 6.03. The van der Waals surface area contributed by atoms with Crippen LogP contribution in [-0.4, -0.2) is 16.9 Å². The minimum atomic E-state index is -0.182. The van der Waals surface area contributed by atoms with Crippen molar-refractivity contribution >= 4 is 17.3 Å². The van der Waals surface area contributed by atoms with E-state index in [0.717, 1.165) is 11.4 Å². The third-order valence-corrected chi connectivity index (χ3v) is 4.73. The largest absolute Gasteiger partial charge is 0.382 e. The second-order valence-electron chi connectivity index (χ2n) is 7.84. The third-order valence-electron chi connectivity index (χ3n) is 4.73. The van der Waals surface area contributed by atoms with E-state index in [9.17, 15) is 4.79 Å². The monoisotopic (exact) mass is 337 g/mol. The molecule has 1 fully saturated rings. The van der Waals surface area contributed by atoms with Crippen molar-refractivity contribution in [1.29, 1.82) is 0 Å². The van der Waals surface area contributed by atoms with Crippen LogP contribution < -0.4 is 10.6 Å². The fourth-order valence-corrected chi connectivity index (χ4v) is 3.20. The van der Waals surface area contributed by atoms with Crippen molar-refractivity contribution in [2.24, 2.45) is 0 Å². The van der Waals surface area contributed by atoms with Crippen molar-refractivity contribution < 1.29 is 4.79 Å². The third kappa shape index (κ3) is 4.59. The molecule has 0 spiro atoms. The number of benzene rings is 1. The summed E-state index contributed by atoms with van der Waals surface area (Å²) in [5.74, 6) is -0.182. The van der Waals surface area contributed by atoms with E-state index in [4.69, 9.17) is 0 Å². The van der Waals surface area contributed by atoms with Gasteiger partial charge in [0.15, 0.2) is 0 Å². The Bertz CT molecular complexity index is 726. The van der Waals surface area contributed by atoms with Gasteiger partial charge in [-0.2, -0.15) is 0 Å².